The summed E-state index contributed by atoms with van der Waals surface area (Å²) in [4.78, 5) is -0.170. The molecule has 1 heterocycles. The number of hydrogen-bond donors (Lipinski definition) is 1. The standard InChI is InChI=1S/C14H14FN3O4S2/c1-4-7-16-12-6-5-11(9-13(12)21-3)24(19,20)18(23-15)14-8-10(2)22-17-14/h1,5-6,8-9,16H,7H2,2-3H3. The molecular weight excluding hydrogens is 357 g/mol. The van der Waals surface area contributed by atoms with Gasteiger partial charge in [-0.15, -0.1) is 10.3 Å². The van der Waals surface area contributed by atoms with Gasteiger partial charge < -0.3 is 14.6 Å². The molecule has 128 valence electrons. The van der Waals surface area contributed by atoms with Crippen molar-refractivity contribution in [1.82, 2.24) is 5.16 Å². The SMILES string of the molecule is C#CCNc1ccc(S(=O)(=O)N(SF)c2cc(C)on2)cc1OC. The highest BCUT2D eigenvalue weighted by molar-refractivity contribution is 8.12. The Labute approximate surface area is 143 Å². The average molecular weight is 371 g/mol. The second-order valence-corrected chi connectivity index (χ2v) is 7.04. The molecule has 0 saturated carbocycles. The van der Waals surface area contributed by atoms with E-state index < -0.39 is 22.4 Å². The van der Waals surface area contributed by atoms with E-state index in [4.69, 9.17) is 15.7 Å². The molecule has 7 nitrogen and oxygen atoms in total. The Hall–Kier alpha value is -2.38. The summed E-state index contributed by atoms with van der Waals surface area (Å²) in [6, 6.07) is 5.37. The van der Waals surface area contributed by atoms with E-state index in [2.05, 4.69) is 16.4 Å². The molecule has 0 saturated heterocycles. The minimum atomic E-state index is -4.21. The summed E-state index contributed by atoms with van der Waals surface area (Å²) in [5.41, 5.74) is 0.520. The van der Waals surface area contributed by atoms with Crippen LogP contribution in [0.25, 0.3) is 0 Å². The third-order valence-corrected chi connectivity index (χ3v) is 5.48. The first-order valence-corrected chi connectivity index (χ1v) is 8.68. The van der Waals surface area contributed by atoms with Crippen molar-refractivity contribution >= 4 is 33.9 Å². The zero-order chi connectivity index (χ0) is 17.7. The summed E-state index contributed by atoms with van der Waals surface area (Å²) in [7, 11) is -2.83. The Morgan fingerprint density at radius 3 is 2.79 bits per heavy atom. The van der Waals surface area contributed by atoms with Crippen LogP contribution in [-0.2, 0) is 10.0 Å². The molecule has 2 aromatic rings. The first-order chi connectivity index (χ1) is 11.4. The molecule has 0 spiro atoms. The summed E-state index contributed by atoms with van der Waals surface area (Å²) in [5, 5.41) is 6.42. The largest absolute Gasteiger partial charge is 0.495 e. The summed E-state index contributed by atoms with van der Waals surface area (Å²) in [6.45, 7) is 1.81. The van der Waals surface area contributed by atoms with E-state index in [-0.39, 0.29) is 23.0 Å². The van der Waals surface area contributed by atoms with Gasteiger partial charge in [-0.2, -0.15) is 3.71 Å². The molecule has 1 N–H and O–H groups in total. The highest BCUT2D eigenvalue weighted by Gasteiger charge is 2.30. The van der Waals surface area contributed by atoms with Crippen molar-refractivity contribution in [3.05, 3.63) is 30.0 Å². The van der Waals surface area contributed by atoms with E-state index in [1.165, 1.54) is 31.4 Å². The first kappa shape index (κ1) is 18.0. The molecule has 0 aliphatic heterocycles. The fraction of sp³-hybridized carbons (Fsp3) is 0.214. The number of nitrogens with zero attached hydrogens (tertiary/aromatic N) is 2. The number of terminal acetylenes is 1. The third kappa shape index (κ3) is 3.58. The number of halogens is 1. The predicted octanol–water partition coefficient (Wildman–Crippen LogP) is 2.76. The lowest BCUT2D eigenvalue weighted by atomic mass is 10.3. The van der Waals surface area contributed by atoms with Gasteiger partial charge in [0.15, 0.2) is 18.2 Å². The Balaban J connectivity index is 2.43. The molecule has 0 bridgehead atoms. The van der Waals surface area contributed by atoms with E-state index in [1.54, 1.807) is 6.92 Å². The van der Waals surface area contributed by atoms with Crippen LogP contribution in [0, 0.1) is 19.3 Å². The molecule has 0 radical (unpaired) electrons. The van der Waals surface area contributed by atoms with Crippen LogP contribution < -0.4 is 13.8 Å². The quantitative estimate of drug-likeness (QED) is 0.592. The van der Waals surface area contributed by atoms with Crippen molar-refractivity contribution in [2.24, 2.45) is 0 Å². The molecule has 0 atom stereocenters. The van der Waals surface area contributed by atoms with Crippen molar-refractivity contribution in [3.63, 3.8) is 0 Å². The predicted molar refractivity (Wildman–Crippen MR) is 89.9 cm³/mol. The molecule has 10 heteroatoms. The second-order valence-electron chi connectivity index (χ2n) is 4.52. The maximum absolute atomic E-state index is 13.3. The van der Waals surface area contributed by atoms with Gasteiger partial charge in [-0.25, -0.2) is 8.42 Å². The summed E-state index contributed by atoms with van der Waals surface area (Å²) in [5.74, 6) is 2.83. The number of aromatic nitrogens is 1. The summed E-state index contributed by atoms with van der Waals surface area (Å²) in [6.07, 6.45) is 5.18. The van der Waals surface area contributed by atoms with Crippen LogP contribution >= 0.6 is 12.3 Å². The second kappa shape index (κ2) is 7.46. The number of rotatable bonds is 7. The van der Waals surface area contributed by atoms with Gasteiger partial charge in [-0.3, -0.25) is 0 Å². The van der Waals surface area contributed by atoms with Gasteiger partial charge in [0, 0.05) is 12.1 Å². The fourth-order valence-electron chi connectivity index (χ4n) is 1.85. The molecule has 24 heavy (non-hydrogen) atoms. The molecule has 0 fully saturated rings. The zero-order valence-corrected chi connectivity index (χ0v) is 14.4. The lowest BCUT2D eigenvalue weighted by Crippen LogP contribution is -2.23. The Morgan fingerprint density at radius 1 is 1.50 bits per heavy atom. The smallest absolute Gasteiger partial charge is 0.277 e. The van der Waals surface area contributed by atoms with Crippen LogP contribution in [0.3, 0.4) is 0 Å². The molecule has 2 rings (SSSR count). The molecule has 0 unspecified atom stereocenters. The van der Waals surface area contributed by atoms with E-state index in [0.29, 0.717) is 15.2 Å². The molecule has 1 aromatic heterocycles. The average Bonchev–Trinajstić information content (AvgIpc) is 2.99. The molecule has 0 aliphatic rings. The van der Waals surface area contributed by atoms with E-state index in [0.717, 1.165) is 0 Å². The van der Waals surface area contributed by atoms with Crippen molar-refractivity contribution in [3.8, 4) is 18.1 Å². The number of ether oxygens (including phenoxy) is 1. The first-order valence-electron chi connectivity index (χ1n) is 6.56. The lowest BCUT2D eigenvalue weighted by Gasteiger charge is -2.17. The van der Waals surface area contributed by atoms with Crippen molar-refractivity contribution in [2.75, 3.05) is 22.7 Å². The van der Waals surface area contributed by atoms with E-state index >= 15 is 0 Å². The normalized spacial score (nSPS) is 10.9. The fourth-order valence-corrected chi connectivity index (χ4v) is 3.59. The van der Waals surface area contributed by atoms with E-state index in [9.17, 15) is 12.3 Å². The lowest BCUT2D eigenvalue weighted by molar-refractivity contribution is 0.399. The van der Waals surface area contributed by atoms with Crippen LogP contribution in [0.15, 0.2) is 33.7 Å². The topological polar surface area (TPSA) is 84.7 Å². The van der Waals surface area contributed by atoms with Gasteiger partial charge in [0.2, 0.25) is 0 Å². The number of nitrogens with one attached hydrogen (secondary N) is 1. The monoisotopic (exact) mass is 371 g/mol. The third-order valence-electron chi connectivity index (χ3n) is 2.94. The van der Waals surface area contributed by atoms with Crippen LogP contribution in [-0.4, -0.2) is 27.2 Å². The highest BCUT2D eigenvalue weighted by Crippen LogP contribution is 2.34. The Bertz CT molecular complexity index is 861. The molecular formula is C14H14FN3O4S2. The Morgan fingerprint density at radius 2 is 2.25 bits per heavy atom. The van der Waals surface area contributed by atoms with Gasteiger partial charge in [0.1, 0.15) is 11.5 Å². The maximum Gasteiger partial charge on any atom is 0.277 e. The van der Waals surface area contributed by atoms with Crippen LogP contribution in [0.5, 0.6) is 5.75 Å². The van der Waals surface area contributed by atoms with Crippen molar-refractivity contribution in [1.29, 1.82) is 0 Å². The van der Waals surface area contributed by atoms with Gasteiger partial charge in [-0.05, 0) is 19.1 Å². The Kier molecular flexibility index (Phi) is 5.58. The summed E-state index contributed by atoms with van der Waals surface area (Å²) >= 11 is -0.490. The van der Waals surface area contributed by atoms with Crippen molar-refractivity contribution in [2.45, 2.75) is 11.8 Å². The zero-order valence-electron chi connectivity index (χ0n) is 12.8. The van der Waals surface area contributed by atoms with Crippen LogP contribution in [0.1, 0.15) is 5.76 Å². The van der Waals surface area contributed by atoms with Gasteiger partial charge in [0.25, 0.3) is 10.0 Å². The number of methoxy groups -OCH3 is 1. The highest BCUT2D eigenvalue weighted by atomic mass is 32.3. The van der Waals surface area contributed by atoms with Gasteiger partial charge in [-0.1, -0.05) is 11.1 Å². The van der Waals surface area contributed by atoms with Gasteiger partial charge >= 0.3 is 0 Å². The number of hydrogen-bond acceptors (Lipinski definition) is 7. The van der Waals surface area contributed by atoms with Crippen LogP contribution in [0.4, 0.5) is 15.4 Å². The van der Waals surface area contributed by atoms with E-state index in [1.807, 2.05) is 0 Å². The minimum absolute atomic E-state index is 0.170. The van der Waals surface area contributed by atoms with Gasteiger partial charge in [0.05, 0.1) is 24.2 Å². The molecule has 1 aromatic carbocycles. The van der Waals surface area contributed by atoms with Crippen LogP contribution in [0.2, 0.25) is 0 Å². The number of aryl methyl sites for hydroxylation is 1. The summed E-state index contributed by atoms with van der Waals surface area (Å²) < 4.78 is 48.9. The minimum Gasteiger partial charge on any atom is -0.495 e. The molecule has 0 aliphatic carbocycles. The molecule has 0 amide bonds. The maximum atomic E-state index is 13.3. The number of sulfonamides is 1. The number of anilines is 2. The van der Waals surface area contributed by atoms with Crippen molar-refractivity contribution < 1.29 is 21.6 Å². The number of benzene rings is 1.